The summed E-state index contributed by atoms with van der Waals surface area (Å²) in [6.07, 6.45) is -4.74. The van der Waals surface area contributed by atoms with Crippen LogP contribution in [-0.4, -0.2) is 98.5 Å². The summed E-state index contributed by atoms with van der Waals surface area (Å²) < 4.78 is 148. The van der Waals surface area contributed by atoms with Crippen molar-refractivity contribution >= 4 is 86.7 Å². The Bertz CT molecular complexity index is 4430. The van der Waals surface area contributed by atoms with Crippen LogP contribution >= 0.6 is 0 Å². The number of anilines is 5. The van der Waals surface area contributed by atoms with E-state index in [0.717, 1.165) is 66.8 Å². The van der Waals surface area contributed by atoms with Crippen molar-refractivity contribution in [3.8, 4) is 17.2 Å². The van der Waals surface area contributed by atoms with Gasteiger partial charge in [0.1, 0.15) is 28.5 Å². The Balaban J connectivity index is 0.000000167. The van der Waals surface area contributed by atoms with Gasteiger partial charge in [0.15, 0.2) is 11.6 Å². The summed E-state index contributed by atoms with van der Waals surface area (Å²) in [5, 5.41) is 20.6. The van der Waals surface area contributed by atoms with E-state index in [1.54, 1.807) is 66.5 Å². The number of benzene rings is 6. The van der Waals surface area contributed by atoms with Crippen molar-refractivity contribution in [3.05, 3.63) is 183 Å². The molecule has 6 aromatic rings. The molecule has 30 heteroatoms. The molecule has 1 aliphatic carbocycles. The van der Waals surface area contributed by atoms with Crippen molar-refractivity contribution in [3.63, 3.8) is 0 Å². The number of hydrogen-bond donors (Lipinski definition) is 6. The quantitative estimate of drug-likeness (QED) is 0.0361. The fourth-order valence-corrected chi connectivity index (χ4v) is 13.5. The molecule has 0 aromatic heterocycles. The van der Waals surface area contributed by atoms with Gasteiger partial charge in [0.25, 0.3) is 0 Å². The van der Waals surface area contributed by atoms with E-state index in [-0.39, 0.29) is 97.5 Å². The molecule has 1 spiro atoms. The van der Waals surface area contributed by atoms with E-state index >= 15 is 0 Å². The average molecular weight is 1460 g/mol. The van der Waals surface area contributed by atoms with Gasteiger partial charge in [-0.1, -0.05) is 56.3 Å². The number of hydrogen-bond acceptors (Lipinski definition) is 11. The first kappa shape index (κ1) is 77.1. The smallest absolute Gasteiger partial charge is 0.486 e. The summed E-state index contributed by atoms with van der Waals surface area (Å²) in [5.41, 5.74) is 3.89. The maximum atomic E-state index is 13.4. The van der Waals surface area contributed by atoms with Gasteiger partial charge in [-0.15, -0.1) is 0 Å². The molecule has 6 N–H and O–H groups in total. The van der Waals surface area contributed by atoms with Crippen LogP contribution in [0.25, 0.3) is 22.0 Å². The van der Waals surface area contributed by atoms with Crippen LogP contribution in [0.2, 0.25) is 0 Å². The van der Waals surface area contributed by atoms with E-state index in [1.165, 1.54) is 55.5 Å². The number of carbonyl (C=O) groups is 6. The van der Waals surface area contributed by atoms with Crippen molar-refractivity contribution < 1.29 is 122 Å². The molecule has 544 valence electrons. The molecule has 9 amide bonds. The van der Waals surface area contributed by atoms with E-state index in [9.17, 15) is 68.3 Å². The molecular weight excluding hydrogens is 1380 g/mol. The first-order valence-corrected chi connectivity index (χ1v) is 33.1. The molecule has 0 bridgehead atoms. The second kappa shape index (κ2) is 31.0. The Morgan fingerprint density at radius 1 is 0.567 bits per heavy atom. The van der Waals surface area contributed by atoms with Crippen LogP contribution in [0.5, 0.6) is 17.2 Å². The summed E-state index contributed by atoms with van der Waals surface area (Å²) in [4.78, 5) is 77.7. The topological polar surface area (TPSA) is 241 Å². The van der Waals surface area contributed by atoms with Gasteiger partial charge in [0.2, 0.25) is 17.7 Å². The number of alkyl halides is 9. The number of nitrogens with one attached hydrogen (secondary N) is 6. The van der Waals surface area contributed by atoms with Crippen LogP contribution in [0, 0.1) is 0 Å². The molecule has 6 aliphatic heterocycles. The van der Waals surface area contributed by atoms with Crippen LogP contribution in [0.1, 0.15) is 122 Å². The number of methoxy groups -OCH3 is 2. The van der Waals surface area contributed by atoms with Crippen molar-refractivity contribution in [2.45, 2.75) is 127 Å². The Morgan fingerprint density at radius 3 is 1.50 bits per heavy atom. The third-order valence-electron chi connectivity index (χ3n) is 19.0. The van der Waals surface area contributed by atoms with E-state index in [1.807, 2.05) is 20.8 Å². The SMILES string of the molecule is CCC1(CC)C/C(=C\C(=O)Nc2cccc3c2CNC(=O)[N-]3)c2ccc(C(F)(F)F)cc2O1.CCN1Cc2c(NC(=O)/C=C3\CC(COC)(COC)Oc4cc(C(F)(F)F)ccc43)cccc2NC1=O.CN1C(=O)NCc2c(NC(=O)/C=C3\CC4(CCC4)Oc4cc(C(F)(F)F)ccc43)cccc21.[Na+]. The second-order valence-electron chi connectivity index (χ2n) is 25.8. The largest absolute Gasteiger partial charge is 1.00 e. The maximum Gasteiger partial charge on any atom is 1.00 e. The Morgan fingerprint density at radius 2 is 1.02 bits per heavy atom. The van der Waals surface area contributed by atoms with E-state index in [2.05, 4.69) is 37.2 Å². The third-order valence-corrected chi connectivity index (χ3v) is 19.0. The Labute approximate surface area is 614 Å². The van der Waals surface area contributed by atoms with Crippen LogP contribution in [0.4, 0.5) is 88.0 Å². The molecule has 7 aliphatic rings. The number of nitrogens with zero attached hydrogens (tertiary/aromatic N) is 3. The fourth-order valence-electron chi connectivity index (χ4n) is 13.5. The predicted molar refractivity (Wildman–Crippen MR) is 367 cm³/mol. The molecule has 13 rings (SSSR count). The molecule has 0 unspecified atom stereocenters. The number of fused-ring (bicyclic) bond motifs is 6. The Hall–Kier alpha value is -9.55. The van der Waals surface area contributed by atoms with Crippen LogP contribution in [-0.2, 0) is 62.0 Å². The van der Waals surface area contributed by atoms with Gasteiger partial charge in [0.05, 0.1) is 42.1 Å². The molecule has 1 saturated carbocycles. The maximum absolute atomic E-state index is 13.4. The number of amides is 9. The van der Waals surface area contributed by atoms with Crippen molar-refractivity contribution in [2.75, 3.05) is 67.2 Å². The zero-order valence-electron chi connectivity index (χ0n) is 57.8. The summed E-state index contributed by atoms with van der Waals surface area (Å²) in [5.74, 6) is -1.01. The van der Waals surface area contributed by atoms with E-state index < -0.39 is 69.9 Å². The van der Waals surface area contributed by atoms with Gasteiger partial charge in [0, 0.05) is 122 Å². The minimum atomic E-state index is -4.56. The van der Waals surface area contributed by atoms with Crippen molar-refractivity contribution in [1.82, 2.24) is 15.5 Å². The normalized spacial score (nSPS) is 18.2. The van der Waals surface area contributed by atoms with Gasteiger partial charge >= 0.3 is 60.1 Å². The van der Waals surface area contributed by atoms with Crippen LogP contribution in [0.15, 0.2) is 127 Å². The van der Waals surface area contributed by atoms with Gasteiger partial charge < -0.3 is 65.8 Å². The fraction of sp³-hybridized carbons (Fsp3) is 0.351. The molecule has 0 atom stereocenters. The number of rotatable bonds is 13. The molecular formula is C74H73F9N9NaO11. The third kappa shape index (κ3) is 17.0. The molecule has 1 fully saturated rings. The molecule has 0 saturated heterocycles. The summed E-state index contributed by atoms with van der Waals surface area (Å²) in [6, 6.07) is 24.6. The number of carbonyl (C=O) groups excluding carboxylic acids is 6. The summed E-state index contributed by atoms with van der Waals surface area (Å²) in [6.45, 7) is 7.09. The molecule has 20 nitrogen and oxygen atoms in total. The molecule has 104 heavy (non-hydrogen) atoms. The van der Waals surface area contributed by atoms with Crippen molar-refractivity contribution in [2.24, 2.45) is 0 Å². The average Bonchev–Trinajstić information content (AvgIpc) is 0.751. The number of urea groups is 3. The van der Waals surface area contributed by atoms with Gasteiger partial charge in [-0.2, -0.15) is 39.5 Å². The van der Waals surface area contributed by atoms with Gasteiger partial charge in [-0.05, 0) is 140 Å². The van der Waals surface area contributed by atoms with E-state index in [0.29, 0.717) is 112 Å². The second-order valence-corrected chi connectivity index (χ2v) is 25.8. The molecule has 6 aromatic carbocycles. The first-order chi connectivity index (χ1) is 48.9. The van der Waals surface area contributed by atoms with Gasteiger partial charge in [-0.25, -0.2) is 9.59 Å². The monoisotopic (exact) mass is 1460 g/mol. The zero-order valence-corrected chi connectivity index (χ0v) is 59.8. The first-order valence-electron chi connectivity index (χ1n) is 33.1. The minimum absolute atomic E-state index is 0. The summed E-state index contributed by atoms with van der Waals surface area (Å²) >= 11 is 0. The minimum Gasteiger partial charge on any atom is -0.486 e. The zero-order chi connectivity index (χ0) is 74.0. The van der Waals surface area contributed by atoms with Crippen LogP contribution < -0.4 is 80.6 Å². The predicted octanol–water partition coefficient (Wildman–Crippen LogP) is 13.3. The molecule has 6 heterocycles. The van der Waals surface area contributed by atoms with Crippen molar-refractivity contribution in [1.29, 1.82) is 0 Å². The van der Waals surface area contributed by atoms with E-state index in [4.69, 9.17) is 23.7 Å². The van der Waals surface area contributed by atoms with Gasteiger partial charge in [-0.3, -0.25) is 24.1 Å². The standard InChI is InChI=1S/C26H28F3N3O5.C24H22F3N3O3.C24H24F3N3O3.Na/c1-4-32-13-19-20(6-5-7-21(19)31-24(32)34)30-23(33)10-16-12-25(14-35-2,15-36-3)37-22-11-17(26(27,28)29)8-9-18(16)22;1-30-19-5-2-4-18(17(19)13-28-22(30)32)29-21(31)10-14-12-23(8-3-9-23)33-20-11-15(24(25,26)27)6-7-16(14)20;1-3-23(4-2)12-14(16-9-8-15(24(25,26)27)11-20(16)33-23)10-21(31)29-18-6-5-7-19-17(18)13-28-22(32)30-19;/h5-11H,4,12-15H2,1-3H3,(H,30,33)(H,31,34);2,4-7,10-11H,3,8-9,12-13H2,1H3,(H,28,32)(H,29,31);5-11H,3-4,12-13H2,1-2H3,(H3,28,29,30,31,32);/q;;;+1/p-1/b16-10+;2*14-10+;. The molecule has 0 radical (unpaired) electrons. The summed E-state index contributed by atoms with van der Waals surface area (Å²) in [7, 11) is 4.55. The number of ether oxygens (including phenoxy) is 5. The van der Waals surface area contributed by atoms with Crippen LogP contribution in [0.3, 0.4) is 0 Å². The Kier molecular flexibility index (Phi) is 23.0. The number of halogens is 9.